The van der Waals surface area contributed by atoms with Crippen LogP contribution in [0.1, 0.15) is 30.1 Å². The standard InChI is InChI=1S/C18H19Br2NO4/c1-11-4-6-13(7-5-11)21-18(24)25-16(3-2-8-22)14-9-12(19)10-15(20)17(14)23/h4-7,9-10,16,22-23H,2-3,8H2,1H3,(H,21,24)/t16-/m1/s1. The minimum Gasteiger partial charge on any atom is -0.506 e. The van der Waals surface area contributed by atoms with Gasteiger partial charge in [0.1, 0.15) is 11.9 Å². The number of aromatic hydroxyl groups is 1. The Morgan fingerprint density at radius 1 is 1.24 bits per heavy atom. The lowest BCUT2D eigenvalue weighted by molar-refractivity contribution is 0.0979. The molecule has 2 aromatic carbocycles. The van der Waals surface area contributed by atoms with Crippen molar-refractivity contribution in [1.29, 1.82) is 0 Å². The maximum Gasteiger partial charge on any atom is 0.412 e. The Bertz CT molecular complexity index is 735. The number of aliphatic hydroxyl groups is 1. The molecular formula is C18H19Br2NO4. The monoisotopic (exact) mass is 471 g/mol. The van der Waals surface area contributed by atoms with E-state index in [0.29, 0.717) is 28.6 Å². The molecule has 0 fully saturated rings. The quantitative estimate of drug-likeness (QED) is 0.533. The third-order valence-electron chi connectivity index (χ3n) is 3.58. The van der Waals surface area contributed by atoms with Gasteiger partial charge in [0, 0.05) is 22.3 Å². The molecule has 25 heavy (non-hydrogen) atoms. The lowest BCUT2D eigenvalue weighted by Gasteiger charge is -2.20. The van der Waals surface area contributed by atoms with Gasteiger partial charge in [0.25, 0.3) is 0 Å². The smallest absolute Gasteiger partial charge is 0.412 e. The fourth-order valence-corrected chi connectivity index (χ4v) is 3.56. The van der Waals surface area contributed by atoms with E-state index < -0.39 is 12.2 Å². The van der Waals surface area contributed by atoms with E-state index in [1.807, 2.05) is 19.1 Å². The second-order valence-corrected chi connectivity index (χ2v) is 7.35. The zero-order valence-electron chi connectivity index (χ0n) is 13.6. The molecule has 134 valence electrons. The van der Waals surface area contributed by atoms with Gasteiger partial charge in [-0.05, 0) is 60.0 Å². The summed E-state index contributed by atoms with van der Waals surface area (Å²) in [7, 11) is 0. The van der Waals surface area contributed by atoms with Gasteiger partial charge in [-0.3, -0.25) is 5.32 Å². The number of nitrogens with one attached hydrogen (secondary N) is 1. The molecule has 0 heterocycles. The van der Waals surface area contributed by atoms with Crippen molar-refractivity contribution in [2.75, 3.05) is 11.9 Å². The second kappa shape index (κ2) is 9.22. The van der Waals surface area contributed by atoms with E-state index in [9.17, 15) is 9.90 Å². The first-order valence-electron chi connectivity index (χ1n) is 7.73. The van der Waals surface area contributed by atoms with E-state index in [4.69, 9.17) is 9.84 Å². The number of aryl methyl sites for hydroxylation is 1. The van der Waals surface area contributed by atoms with Crippen LogP contribution >= 0.6 is 31.9 Å². The predicted octanol–water partition coefficient (Wildman–Crippen LogP) is 5.29. The van der Waals surface area contributed by atoms with Crippen molar-refractivity contribution in [3.05, 3.63) is 56.5 Å². The number of phenols is 1. The van der Waals surface area contributed by atoms with Crippen molar-refractivity contribution in [2.45, 2.75) is 25.9 Å². The number of carbonyl (C=O) groups excluding carboxylic acids is 1. The van der Waals surface area contributed by atoms with Crippen LogP contribution in [-0.4, -0.2) is 22.9 Å². The van der Waals surface area contributed by atoms with Crippen molar-refractivity contribution in [3.8, 4) is 5.75 Å². The third-order valence-corrected chi connectivity index (χ3v) is 4.64. The lowest BCUT2D eigenvalue weighted by atomic mass is 10.0. The number of carbonyl (C=O) groups is 1. The van der Waals surface area contributed by atoms with Gasteiger partial charge in [0.15, 0.2) is 0 Å². The first kappa shape index (κ1) is 19.8. The lowest BCUT2D eigenvalue weighted by Crippen LogP contribution is -2.18. The molecule has 0 aliphatic rings. The van der Waals surface area contributed by atoms with E-state index in [0.717, 1.165) is 10.0 Å². The van der Waals surface area contributed by atoms with Crippen molar-refractivity contribution in [3.63, 3.8) is 0 Å². The van der Waals surface area contributed by atoms with Gasteiger partial charge in [-0.15, -0.1) is 0 Å². The van der Waals surface area contributed by atoms with Crippen LogP contribution in [0.4, 0.5) is 10.5 Å². The van der Waals surface area contributed by atoms with Crippen LogP contribution in [0.25, 0.3) is 0 Å². The number of amides is 1. The first-order chi connectivity index (χ1) is 11.9. The molecule has 1 atom stereocenters. The molecule has 7 heteroatoms. The van der Waals surface area contributed by atoms with E-state index >= 15 is 0 Å². The topological polar surface area (TPSA) is 78.8 Å². The number of benzene rings is 2. The van der Waals surface area contributed by atoms with Gasteiger partial charge in [-0.25, -0.2) is 4.79 Å². The van der Waals surface area contributed by atoms with Gasteiger partial charge in [0.2, 0.25) is 0 Å². The summed E-state index contributed by atoms with van der Waals surface area (Å²) in [5.74, 6) is 0.00859. The van der Waals surface area contributed by atoms with Crippen molar-refractivity contribution < 1.29 is 19.7 Å². The van der Waals surface area contributed by atoms with E-state index in [-0.39, 0.29) is 12.4 Å². The number of hydrogen-bond donors (Lipinski definition) is 3. The van der Waals surface area contributed by atoms with Gasteiger partial charge >= 0.3 is 6.09 Å². The van der Waals surface area contributed by atoms with Crippen LogP contribution < -0.4 is 5.32 Å². The Hall–Kier alpha value is -1.57. The number of phenolic OH excluding ortho intramolecular Hbond substituents is 1. The summed E-state index contributed by atoms with van der Waals surface area (Å²) in [4.78, 5) is 12.2. The molecule has 5 nitrogen and oxygen atoms in total. The van der Waals surface area contributed by atoms with Crippen LogP contribution in [0.15, 0.2) is 45.3 Å². The highest BCUT2D eigenvalue weighted by Gasteiger charge is 2.22. The Kier molecular flexibility index (Phi) is 7.28. The molecular weight excluding hydrogens is 454 g/mol. The molecule has 0 aliphatic heterocycles. The average molecular weight is 473 g/mol. The van der Waals surface area contributed by atoms with Gasteiger partial charge in [0.05, 0.1) is 4.47 Å². The zero-order valence-corrected chi connectivity index (χ0v) is 16.8. The highest BCUT2D eigenvalue weighted by molar-refractivity contribution is 9.11. The molecule has 0 aromatic heterocycles. The molecule has 0 spiro atoms. The number of anilines is 1. The van der Waals surface area contributed by atoms with Crippen molar-refractivity contribution in [2.24, 2.45) is 0 Å². The Labute approximate surface area is 163 Å². The molecule has 0 bridgehead atoms. The summed E-state index contributed by atoms with van der Waals surface area (Å²) in [6.45, 7) is 1.93. The molecule has 2 rings (SSSR count). The fourth-order valence-electron chi connectivity index (χ4n) is 2.30. The summed E-state index contributed by atoms with van der Waals surface area (Å²) in [6.07, 6.45) is -0.492. The van der Waals surface area contributed by atoms with Crippen LogP contribution in [0.5, 0.6) is 5.75 Å². The second-order valence-electron chi connectivity index (χ2n) is 5.58. The van der Waals surface area contributed by atoms with Crippen LogP contribution in [0.3, 0.4) is 0 Å². The molecule has 0 saturated carbocycles. The zero-order chi connectivity index (χ0) is 18.4. The molecule has 0 radical (unpaired) electrons. The molecule has 3 N–H and O–H groups in total. The van der Waals surface area contributed by atoms with Gasteiger partial charge < -0.3 is 14.9 Å². The predicted molar refractivity (Wildman–Crippen MR) is 104 cm³/mol. The van der Waals surface area contributed by atoms with Crippen LogP contribution in [0.2, 0.25) is 0 Å². The van der Waals surface area contributed by atoms with E-state index in [2.05, 4.69) is 37.2 Å². The summed E-state index contributed by atoms with van der Waals surface area (Å²) in [5.41, 5.74) is 2.17. The maximum absolute atomic E-state index is 12.2. The molecule has 0 aliphatic carbocycles. The first-order valence-corrected chi connectivity index (χ1v) is 9.32. The van der Waals surface area contributed by atoms with E-state index in [1.165, 1.54) is 0 Å². The molecule has 2 aromatic rings. The third kappa shape index (κ3) is 5.73. The maximum atomic E-state index is 12.2. The van der Waals surface area contributed by atoms with Crippen molar-refractivity contribution >= 4 is 43.6 Å². The minimum atomic E-state index is -0.689. The largest absolute Gasteiger partial charge is 0.506 e. The van der Waals surface area contributed by atoms with Gasteiger partial charge in [-0.1, -0.05) is 33.6 Å². The average Bonchev–Trinajstić information content (AvgIpc) is 2.57. The fraction of sp³-hybridized carbons (Fsp3) is 0.278. The Morgan fingerprint density at radius 2 is 1.92 bits per heavy atom. The number of hydrogen-bond acceptors (Lipinski definition) is 4. The number of halogens is 2. The number of rotatable bonds is 6. The minimum absolute atomic E-state index is 0.00859. The molecule has 0 unspecified atom stereocenters. The summed E-state index contributed by atoms with van der Waals surface area (Å²) < 4.78 is 6.73. The SMILES string of the molecule is Cc1ccc(NC(=O)O[C@H](CCCO)c2cc(Br)cc(Br)c2O)cc1. The highest BCUT2D eigenvalue weighted by atomic mass is 79.9. The summed E-state index contributed by atoms with van der Waals surface area (Å²) >= 11 is 6.64. The highest BCUT2D eigenvalue weighted by Crippen LogP contribution is 2.38. The summed E-state index contributed by atoms with van der Waals surface area (Å²) in [5, 5.41) is 22.0. The summed E-state index contributed by atoms with van der Waals surface area (Å²) in [6, 6.07) is 10.7. The molecule has 1 amide bonds. The Balaban J connectivity index is 2.17. The van der Waals surface area contributed by atoms with Crippen LogP contribution in [0, 0.1) is 6.92 Å². The van der Waals surface area contributed by atoms with Crippen LogP contribution in [-0.2, 0) is 4.74 Å². The number of ether oxygens (including phenoxy) is 1. The van der Waals surface area contributed by atoms with E-state index in [1.54, 1.807) is 24.3 Å². The van der Waals surface area contributed by atoms with Gasteiger partial charge in [-0.2, -0.15) is 0 Å². The number of aliphatic hydroxyl groups excluding tert-OH is 1. The van der Waals surface area contributed by atoms with Crippen molar-refractivity contribution in [1.82, 2.24) is 0 Å². The normalized spacial score (nSPS) is 11.8. The molecule has 0 saturated heterocycles. The Morgan fingerprint density at radius 3 is 2.56 bits per heavy atom.